The smallest absolute Gasteiger partial charge is 0.272 e. The fourth-order valence-corrected chi connectivity index (χ4v) is 5.04. The van der Waals surface area contributed by atoms with Gasteiger partial charge in [0.05, 0.1) is 16.6 Å². The van der Waals surface area contributed by atoms with Crippen LogP contribution in [0.5, 0.6) is 0 Å². The van der Waals surface area contributed by atoms with Gasteiger partial charge in [0.15, 0.2) is 0 Å². The number of amides is 1. The second-order valence-corrected chi connectivity index (χ2v) is 8.76. The van der Waals surface area contributed by atoms with Crippen LogP contribution in [-0.4, -0.2) is 34.1 Å². The average molecular weight is 405 g/mol. The number of H-pyrrole nitrogens is 1. The van der Waals surface area contributed by atoms with Crippen molar-refractivity contribution in [1.29, 1.82) is 0 Å². The van der Waals surface area contributed by atoms with Gasteiger partial charge < -0.3 is 4.90 Å². The number of halogens is 1. The van der Waals surface area contributed by atoms with Crippen LogP contribution in [0.15, 0.2) is 47.3 Å². The summed E-state index contributed by atoms with van der Waals surface area (Å²) in [4.78, 5) is 26.7. The quantitative estimate of drug-likeness (QED) is 0.715. The molecular formula is C24H24FN3O2. The van der Waals surface area contributed by atoms with Gasteiger partial charge >= 0.3 is 0 Å². The Morgan fingerprint density at radius 1 is 1.07 bits per heavy atom. The Labute approximate surface area is 173 Å². The van der Waals surface area contributed by atoms with Gasteiger partial charge in [0.1, 0.15) is 5.82 Å². The molecule has 5 rings (SSSR count). The van der Waals surface area contributed by atoms with Crippen molar-refractivity contribution in [3.05, 3.63) is 75.5 Å². The van der Waals surface area contributed by atoms with Crippen LogP contribution >= 0.6 is 0 Å². The molecule has 0 bridgehead atoms. The highest BCUT2D eigenvalue weighted by Gasteiger charge is 2.45. The summed E-state index contributed by atoms with van der Waals surface area (Å²) in [6.07, 6.45) is 6.48. The lowest BCUT2D eigenvalue weighted by molar-refractivity contribution is -0.0157. The molecular weight excluding hydrogens is 381 g/mol. The molecule has 1 N–H and O–H groups in total. The van der Waals surface area contributed by atoms with E-state index in [9.17, 15) is 14.0 Å². The molecule has 1 saturated heterocycles. The summed E-state index contributed by atoms with van der Waals surface area (Å²) in [5.41, 5.74) is 1.63. The molecule has 154 valence electrons. The van der Waals surface area contributed by atoms with Gasteiger partial charge in [0.2, 0.25) is 0 Å². The molecule has 0 unspecified atom stereocenters. The Morgan fingerprint density at radius 3 is 2.57 bits per heavy atom. The number of carbonyl (C=O) groups excluding carboxylic acids is 1. The van der Waals surface area contributed by atoms with Crippen molar-refractivity contribution >= 4 is 16.7 Å². The summed E-state index contributed by atoms with van der Waals surface area (Å²) in [6.45, 7) is 1.48. The highest BCUT2D eigenvalue weighted by Crippen LogP contribution is 2.44. The molecule has 6 heteroatoms. The third-order valence-corrected chi connectivity index (χ3v) is 6.66. The average Bonchev–Trinajstić information content (AvgIpc) is 2.75. The van der Waals surface area contributed by atoms with Gasteiger partial charge in [-0.15, -0.1) is 0 Å². The topological polar surface area (TPSA) is 66.1 Å². The summed E-state index contributed by atoms with van der Waals surface area (Å²) in [5, 5.41) is 8.05. The Morgan fingerprint density at radius 2 is 1.80 bits per heavy atom. The number of carbonyl (C=O) groups is 1. The minimum absolute atomic E-state index is 0.117. The van der Waals surface area contributed by atoms with Crippen LogP contribution in [0.3, 0.4) is 0 Å². The number of nitrogens with one attached hydrogen (secondary N) is 1. The normalized spacial score (nSPS) is 17.8. The maximum Gasteiger partial charge on any atom is 0.272 e. The zero-order valence-corrected chi connectivity index (χ0v) is 16.8. The Bertz CT molecular complexity index is 1170. The minimum atomic E-state index is -0.493. The van der Waals surface area contributed by atoms with Crippen LogP contribution in [0.4, 0.5) is 4.39 Å². The zero-order chi connectivity index (χ0) is 20.7. The summed E-state index contributed by atoms with van der Waals surface area (Å²) in [7, 11) is 0. The summed E-state index contributed by atoms with van der Waals surface area (Å²) in [6, 6.07) is 11.9. The maximum atomic E-state index is 14.5. The molecule has 0 atom stereocenters. The van der Waals surface area contributed by atoms with Crippen LogP contribution in [0, 0.1) is 11.2 Å². The van der Waals surface area contributed by atoms with E-state index >= 15 is 0 Å². The number of nitrogens with zero attached hydrogens (tertiary/aromatic N) is 2. The van der Waals surface area contributed by atoms with Crippen molar-refractivity contribution < 1.29 is 9.18 Å². The molecule has 1 aromatic heterocycles. The lowest BCUT2D eigenvalue weighted by Crippen LogP contribution is -2.59. The monoisotopic (exact) mass is 405 g/mol. The number of fused-ring (bicyclic) bond motifs is 1. The number of likely N-dealkylation sites (tertiary alicyclic amines) is 1. The third-order valence-electron chi connectivity index (χ3n) is 6.66. The minimum Gasteiger partial charge on any atom is -0.337 e. The molecule has 3 aromatic rings. The number of benzene rings is 2. The first-order chi connectivity index (χ1) is 14.5. The Hall–Kier alpha value is -3.02. The summed E-state index contributed by atoms with van der Waals surface area (Å²) >= 11 is 0. The van der Waals surface area contributed by atoms with Gasteiger partial charge in [-0.05, 0) is 36.6 Å². The van der Waals surface area contributed by atoms with Crippen molar-refractivity contribution in [2.24, 2.45) is 5.41 Å². The summed E-state index contributed by atoms with van der Waals surface area (Å²) < 4.78 is 14.5. The molecule has 2 aliphatic rings. The zero-order valence-electron chi connectivity index (χ0n) is 16.8. The van der Waals surface area contributed by atoms with Crippen molar-refractivity contribution in [1.82, 2.24) is 15.1 Å². The van der Waals surface area contributed by atoms with E-state index in [-0.39, 0.29) is 22.4 Å². The van der Waals surface area contributed by atoms with Gasteiger partial charge in [-0.25, -0.2) is 9.49 Å². The van der Waals surface area contributed by atoms with Crippen LogP contribution in [0.2, 0.25) is 0 Å². The maximum absolute atomic E-state index is 14.5. The first-order valence-corrected chi connectivity index (χ1v) is 10.6. The molecule has 0 radical (unpaired) electrons. The number of rotatable bonds is 3. The van der Waals surface area contributed by atoms with Crippen LogP contribution in [0.1, 0.15) is 53.7 Å². The van der Waals surface area contributed by atoms with E-state index in [2.05, 4.69) is 10.2 Å². The lowest BCUT2D eigenvalue weighted by Gasteiger charge is -2.52. The first kappa shape index (κ1) is 19.0. The number of hydrogen-bond acceptors (Lipinski definition) is 3. The molecule has 1 aliphatic carbocycles. The molecule has 1 spiro atoms. The highest BCUT2D eigenvalue weighted by atomic mass is 19.1. The SMILES string of the molecule is O=C(c1cc(Cc2n[nH]c(=O)c3ccccc23)ccc1F)N1CC2(CCCCC2)C1. The Kier molecular flexibility index (Phi) is 4.65. The van der Waals surface area contributed by atoms with E-state index in [0.717, 1.165) is 24.0 Å². The Balaban J connectivity index is 1.39. The predicted octanol–water partition coefficient (Wildman–Crippen LogP) is 4.06. The molecule has 2 heterocycles. The fraction of sp³-hybridized carbons (Fsp3) is 0.375. The summed E-state index contributed by atoms with van der Waals surface area (Å²) in [5.74, 6) is -0.725. The van der Waals surface area contributed by atoms with Crippen molar-refractivity contribution in [2.45, 2.75) is 38.5 Å². The second kappa shape index (κ2) is 7.35. The van der Waals surface area contributed by atoms with E-state index in [1.165, 1.54) is 38.2 Å². The largest absolute Gasteiger partial charge is 0.337 e. The molecule has 2 aromatic carbocycles. The third kappa shape index (κ3) is 3.30. The molecule has 5 nitrogen and oxygen atoms in total. The number of hydrogen-bond donors (Lipinski definition) is 1. The molecule has 2 fully saturated rings. The van der Waals surface area contributed by atoms with Gasteiger partial charge in [-0.1, -0.05) is 43.5 Å². The molecule has 30 heavy (non-hydrogen) atoms. The lowest BCUT2D eigenvalue weighted by atomic mass is 9.68. The van der Waals surface area contributed by atoms with Gasteiger partial charge in [0.25, 0.3) is 11.5 Å². The number of aromatic nitrogens is 2. The highest BCUT2D eigenvalue weighted by molar-refractivity contribution is 5.95. The van der Waals surface area contributed by atoms with Crippen LogP contribution < -0.4 is 5.56 Å². The van der Waals surface area contributed by atoms with Crippen LogP contribution in [-0.2, 0) is 6.42 Å². The van der Waals surface area contributed by atoms with Crippen molar-refractivity contribution in [2.75, 3.05) is 13.1 Å². The van der Waals surface area contributed by atoms with E-state index in [0.29, 0.717) is 17.5 Å². The molecule has 1 aliphatic heterocycles. The van der Waals surface area contributed by atoms with Gasteiger partial charge in [-0.2, -0.15) is 5.10 Å². The van der Waals surface area contributed by atoms with Crippen molar-refractivity contribution in [3.63, 3.8) is 0 Å². The van der Waals surface area contributed by atoms with E-state index in [1.54, 1.807) is 23.1 Å². The fourth-order valence-electron chi connectivity index (χ4n) is 5.04. The first-order valence-electron chi connectivity index (χ1n) is 10.6. The van der Waals surface area contributed by atoms with Crippen molar-refractivity contribution in [3.8, 4) is 0 Å². The second-order valence-electron chi connectivity index (χ2n) is 8.76. The number of aromatic amines is 1. The van der Waals surface area contributed by atoms with E-state index < -0.39 is 5.82 Å². The molecule has 1 saturated carbocycles. The molecule has 1 amide bonds. The van der Waals surface area contributed by atoms with E-state index in [4.69, 9.17) is 0 Å². The van der Waals surface area contributed by atoms with Crippen LogP contribution in [0.25, 0.3) is 10.8 Å². The standard InChI is InChI=1S/C24H24FN3O2/c25-20-9-8-16(13-21-17-6-2-3-7-18(17)22(29)27-26-21)12-19(20)23(30)28-14-24(15-28)10-4-1-5-11-24/h2-3,6-9,12H,1,4-5,10-11,13-15H2,(H,27,29). The van der Waals surface area contributed by atoms with Gasteiger partial charge in [0, 0.05) is 30.3 Å². The van der Waals surface area contributed by atoms with E-state index in [1.807, 2.05) is 18.2 Å². The predicted molar refractivity (Wildman–Crippen MR) is 113 cm³/mol. The van der Waals surface area contributed by atoms with Gasteiger partial charge in [-0.3, -0.25) is 9.59 Å².